The summed E-state index contributed by atoms with van der Waals surface area (Å²) in [4.78, 5) is 10.4. The van der Waals surface area contributed by atoms with Gasteiger partial charge in [-0.1, -0.05) is 127 Å². The van der Waals surface area contributed by atoms with Crippen LogP contribution in [0.25, 0.3) is 88.8 Å². The zero-order valence-corrected chi connectivity index (χ0v) is 28.0. The number of hydrogen-bond donors (Lipinski definition) is 0. The molecule has 0 fully saturated rings. The van der Waals surface area contributed by atoms with Crippen LogP contribution in [0, 0.1) is 6.92 Å². The Morgan fingerprint density at radius 1 is 0.373 bits per heavy atom. The molecule has 4 heteroatoms. The van der Waals surface area contributed by atoms with Crippen molar-refractivity contribution in [3.05, 3.63) is 182 Å². The Labute approximate surface area is 295 Å². The molecule has 0 atom stereocenters. The first-order chi connectivity index (χ1) is 25.2. The molecule has 0 bridgehead atoms. The number of para-hydroxylation sites is 3. The molecule has 0 radical (unpaired) electrons. The van der Waals surface area contributed by atoms with Crippen molar-refractivity contribution < 1.29 is 0 Å². The highest BCUT2D eigenvalue weighted by atomic mass is 15.0. The molecule has 0 saturated carbocycles. The number of hydrogen-bond acceptors (Lipinski definition) is 2. The summed E-state index contributed by atoms with van der Waals surface area (Å²) in [5, 5.41) is 4.88. The molecule has 3 aromatic heterocycles. The van der Waals surface area contributed by atoms with Gasteiger partial charge in [-0.05, 0) is 66.6 Å². The molecular weight excluding hydrogens is 621 g/mol. The summed E-state index contributed by atoms with van der Waals surface area (Å²) >= 11 is 0. The van der Waals surface area contributed by atoms with Gasteiger partial charge in [0.25, 0.3) is 0 Å². The van der Waals surface area contributed by atoms with Crippen molar-refractivity contribution in [1.29, 1.82) is 0 Å². The minimum absolute atomic E-state index is 0.725. The Balaban J connectivity index is 1.19. The lowest BCUT2D eigenvalue weighted by atomic mass is 10.0. The third-order valence-electron chi connectivity index (χ3n) is 10.1. The molecule has 3 heterocycles. The van der Waals surface area contributed by atoms with Gasteiger partial charge in [0.05, 0.1) is 39.1 Å². The minimum Gasteiger partial charge on any atom is -0.309 e. The summed E-state index contributed by atoms with van der Waals surface area (Å²) in [6, 6.07) is 62.5. The standard InChI is InChI=1S/C47H32N4/c1-31-46(45(32-15-5-2-6-16-32)49-47(48-31)33-17-7-3-8-18-33)51-42-24-14-12-22-38(42)40-30-35(26-28-44(40)51)34-25-27-43-39(29-34)37-21-11-13-23-41(37)50(43)36-19-9-4-10-20-36/h2-30H,1H3. The summed E-state index contributed by atoms with van der Waals surface area (Å²) in [5.41, 5.74) is 13.1. The Morgan fingerprint density at radius 3 is 1.45 bits per heavy atom. The van der Waals surface area contributed by atoms with Gasteiger partial charge in [0.2, 0.25) is 0 Å². The van der Waals surface area contributed by atoms with Gasteiger partial charge >= 0.3 is 0 Å². The molecule has 0 saturated heterocycles. The zero-order chi connectivity index (χ0) is 33.9. The van der Waals surface area contributed by atoms with Gasteiger partial charge in [-0.3, -0.25) is 0 Å². The van der Waals surface area contributed by atoms with Crippen molar-refractivity contribution in [2.24, 2.45) is 0 Å². The summed E-state index contributed by atoms with van der Waals surface area (Å²) in [5.74, 6) is 0.725. The molecule has 51 heavy (non-hydrogen) atoms. The smallest absolute Gasteiger partial charge is 0.160 e. The monoisotopic (exact) mass is 652 g/mol. The number of rotatable bonds is 5. The first-order valence-corrected chi connectivity index (χ1v) is 17.3. The van der Waals surface area contributed by atoms with Gasteiger partial charge in [-0.2, -0.15) is 0 Å². The van der Waals surface area contributed by atoms with E-state index < -0.39 is 0 Å². The van der Waals surface area contributed by atoms with Gasteiger partial charge < -0.3 is 9.13 Å². The van der Waals surface area contributed by atoms with Gasteiger partial charge in [0.15, 0.2) is 5.82 Å². The van der Waals surface area contributed by atoms with Crippen LogP contribution in [0.5, 0.6) is 0 Å². The SMILES string of the molecule is Cc1nc(-c2ccccc2)nc(-c2ccccc2)c1-n1c2ccccc2c2cc(-c3ccc4c(c3)c3ccccc3n4-c3ccccc3)ccc21. The Kier molecular flexibility index (Phi) is 6.68. The van der Waals surface area contributed by atoms with E-state index in [4.69, 9.17) is 9.97 Å². The highest BCUT2D eigenvalue weighted by Gasteiger charge is 2.22. The molecule has 0 spiro atoms. The van der Waals surface area contributed by atoms with Crippen LogP contribution in [0.1, 0.15) is 5.69 Å². The van der Waals surface area contributed by atoms with E-state index in [1.807, 2.05) is 24.3 Å². The second kappa shape index (κ2) is 11.7. The molecule has 0 amide bonds. The molecule has 10 rings (SSSR count). The van der Waals surface area contributed by atoms with Crippen molar-refractivity contribution in [2.45, 2.75) is 6.92 Å². The van der Waals surface area contributed by atoms with Crippen molar-refractivity contribution in [3.63, 3.8) is 0 Å². The lowest BCUT2D eigenvalue weighted by Gasteiger charge is -2.17. The molecule has 0 unspecified atom stereocenters. The molecule has 0 aliphatic carbocycles. The molecule has 4 nitrogen and oxygen atoms in total. The number of aryl methyl sites for hydroxylation is 1. The summed E-state index contributed by atoms with van der Waals surface area (Å²) in [6.45, 7) is 2.10. The topological polar surface area (TPSA) is 35.6 Å². The van der Waals surface area contributed by atoms with E-state index in [2.05, 4.69) is 168 Å². The van der Waals surface area contributed by atoms with Gasteiger partial charge in [-0.25, -0.2) is 9.97 Å². The van der Waals surface area contributed by atoms with Crippen LogP contribution in [0.15, 0.2) is 176 Å². The van der Waals surface area contributed by atoms with Crippen molar-refractivity contribution in [2.75, 3.05) is 0 Å². The fourth-order valence-corrected chi connectivity index (χ4v) is 7.75. The quantitative estimate of drug-likeness (QED) is 0.185. The van der Waals surface area contributed by atoms with E-state index in [0.29, 0.717) is 0 Å². The van der Waals surface area contributed by atoms with E-state index in [0.717, 1.165) is 50.7 Å². The van der Waals surface area contributed by atoms with E-state index in [1.54, 1.807) is 0 Å². The maximum atomic E-state index is 5.25. The summed E-state index contributed by atoms with van der Waals surface area (Å²) in [7, 11) is 0. The third-order valence-corrected chi connectivity index (χ3v) is 10.1. The lowest BCUT2D eigenvalue weighted by molar-refractivity contribution is 1.04. The second-order valence-corrected chi connectivity index (χ2v) is 13.1. The van der Waals surface area contributed by atoms with E-state index >= 15 is 0 Å². The van der Waals surface area contributed by atoms with Crippen LogP contribution in [0.2, 0.25) is 0 Å². The molecule has 10 aromatic rings. The number of fused-ring (bicyclic) bond motifs is 6. The van der Waals surface area contributed by atoms with Crippen molar-refractivity contribution in [3.8, 4) is 45.1 Å². The highest BCUT2D eigenvalue weighted by molar-refractivity contribution is 6.13. The molecule has 0 N–H and O–H groups in total. The average molecular weight is 653 g/mol. The number of benzene rings is 7. The number of nitrogens with zero attached hydrogens (tertiary/aromatic N) is 4. The molecule has 0 aliphatic heterocycles. The van der Waals surface area contributed by atoms with E-state index in [9.17, 15) is 0 Å². The predicted octanol–water partition coefficient (Wildman–Crippen LogP) is 12.0. The summed E-state index contributed by atoms with van der Waals surface area (Å²) in [6.07, 6.45) is 0. The van der Waals surface area contributed by atoms with Crippen LogP contribution < -0.4 is 0 Å². The fraction of sp³-hybridized carbons (Fsp3) is 0.0213. The zero-order valence-electron chi connectivity index (χ0n) is 28.0. The fourth-order valence-electron chi connectivity index (χ4n) is 7.75. The van der Waals surface area contributed by atoms with E-state index in [-0.39, 0.29) is 0 Å². The van der Waals surface area contributed by atoms with Crippen LogP contribution in [0.3, 0.4) is 0 Å². The maximum absolute atomic E-state index is 5.25. The number of aromatic nitrogens is 4. The second-order valence-electron chi connectivity index (χ2n) is 13.1. The van der Waals surface area contributed by atoms with Crippen LogP contribution >= 0.6 is 0 Å². The van der Waals surface area contributed by atoms with Gasteiger partial charge in [0, 0.05) is 38.4 Å². The van der Waals surface area contributed by atoms with Gasteiger partial charge in [0.1, 0.15) is 0 Å². The Bertz CT molecular complexity index is 2900. The van der Waals surface area contributed by atoms with Crippen LogP contribution in [-0.4, -0.2) is 19.1 Å². The highest BCUT2D eigenvalue weighted by Crippen LogP contribution is 2.40. The molecular formula is C47H32N4. The molecule has 240 valence electrons. The van der Waals surface area contributed by atoms with Crippen LogP contribution in [0.4, 0.5) is 0 Å². The van der Waals surface area contributed by atoms with Gasteiger partial charge in [-0.15, -0.1) is 0 Å². The van der Waals surface area contributed by atoms with Crippen molar-refractivity contribution >= 4 is 43.6 Å². The first-order valence-electron chi connectivity index (χ1n) is 17.3. The average Bonchev–Trinajstić information content (AvgIpc) is 3.70. The summed E-state index contributed by atoms with van der Waals surface area (Å²) < 4.78 is 4.72. The molecule has 0 aliphatic rings. The normalized spacial score (nSPS) is 11.6. The Morgan fingerprint density at radius 2 is 0.843 bits per heavy atom. The predicted molar refractivity (Wildman–Crippen MR) is 212 cm³/mol. The Hall–Kier alpha value is -6.78. The largest absolute Gasteiger partial charge is 0.309 e. The maximum Gasteiger partial charge on any atom is 0.160 e. The lowest BCUT2D eigenvalue weighted by Crippen LogP contribution is -2.06. The van der Waals surface area contributed by atoms with Crippen molar-refractivity contribution in [1.82, 2.24) is 19.1 Å². The minimum atomic E-state index is 0.725. The van der Waals surface area contributed by atoms with Crippen LogP contribution in [-0.2, 0) is 0 Å². The van der Waals surface area contributed by atoms with E-state index in [1.165, 1.54) is 43.7 Å². The third kappa shape index (κ3) is 4.68. The first kappa shape index (κ1) is 29.2. The molecule has 7 aromatic carbocycles.